The van der Waals surface area contributed by atoms with Crippen LogP contribution in [0, 0.1) is 15.9 Å². The number of hydrogen-bond donors (Lipinski definition) is 0. The van der Waals surface area contributed by atoms with Gasteiger partial charge in [0.1, 0.15) is 0 Å². The molecule has 0 aliphatic carbocycles. The van der Waals surface area contributed by atoms with Gasteiger partial charge in [-0.3, -0.25) is 0 Å². The summed E-state index contributed by atoms with van der Waals surface area (Å²) in [5.74, 6) is 1.94. The summed E-state index contributed by atoms with van der Waals surface area (Å²) >= 11 is 2.50. The Morgan fingerprint density at radius 1 is 0.439 bits per heavy atom. The quantitative estimate of drug-likeness (QED) is 0.142. The predicted molar refractivity (Wildman–Crippen MR) is 331 cm³/mol. The molecule has 0 bridgehead atoms. The Morgan fingerprint density at radius 2 is 0.976 bits per heavy atom. The fourth-order valence-electron chi connectivity index (χ4n) is 12.5. The van der Waals surface area contributed by atoms with Gasteiger partial charge in [0, 0.05) is 23.3 Å². The minimum atomic E-state index is -0.801. The molecule has 0 amide bonds. The zero-order valence-corrected chi connectivity index (χ0v) is 48.9. The number of pyridine rings is 1. The number of anilines is 6. The zero-order valence-electron chi connectivity index (χ0n) is 46.6. The van der Waals surface area contributed by atoms with Crippen LogP contribution in [0.2, 0.25) is 0 Å². The molecule has 0 unspecified atom stereocenters. The molecule has 4 heterocycles. The first-order valence-electron chi connectivity index (χ1n) is 28.0. The van der Waals surface area contributed by atoms with E-state index in [1.54, 1.807) is 0 Å². The van der Waals surface area contributed by atoms with E-state index in [2.05, 4.69) is 329 Å². The number of para-hydroxylation sites is 6. The van der Waals surface area contributed by atoms with E-state index in [1.807, 2.05) is 12.3 Å². The molecule has 0 saturated carbocycles. The van der Waals surface area contributed by atoms with Gasteiger partial charge >= 0.3 is 306 Å². The van der Waals surface area contributed by atoms with Crippen LogP contribution in [0.15, 0.2) is 249 Å². The SMILES string of the molecule is CC(C)(C)c1ccnc(N2c3[c-]c(Oc4[c-]c(-n5[c](=[Pt])n(-c6c(-c7ccccc7)cccc6-c6ccccc6)c6ccccc65)ccc4)ccc3C3(c4cc(C(C)(C)C)ccc42)c2ccccc2N(c2ccccc2)c2ccccc23)c1. The summed E-state index contributed by atoms with van der Waals surface area (Å²) in [7, 11) is 0. The van der Waals surface area contributed by atoms with E-state index in [-0.39, 0.29) is 10.8 Å². The molecule has 402 valence electrons. The van der Waals surface area contributed by atoms with E-state index in [4.69, 9.17) is 9.72 Å². The molecule has 10 aromatic carbocycles. The molecule has 6 nitrogen and oxygen atoms in total. The molecule has 0 atom stereocenters. The van der Waals surface area contributed by atoms with Gasteiger partial charge in [0.2, 0.25) is 0 Å². The molecule has 2 aliphatic heterocycles. The van der Waals surface area contributed by atoms with E-state index in [1.165, 1.54) is 27.8 Å². The van der Waals surface area contributed by atoms with Gasteiger partial charge in [-0.1, -0.05) is 108 Å². The maximum atomic E-state index is 7.12. The molecule has 14 rings (SSSR count). The van der Waals surface area contributed by atoms with Crippen LogP contribution in [-0.4, -0.2) is 14.1 Å². The molecule has 0 N–H and O–H groups in total. The molecule has 2 aliphatic rings. The molecular formula is C75H59N5OPt-2. The average Bonchev–Trinajstić information content (AvgIpc) is 1.36. The van der Waals surface area contributed by atoms with Crippen molar-refractivity contribution in [3.63, 3.8) is 0 Å². The molecule has 12 aromatic rings. The molecular weight excluding hydrogens is 1180 g/mol. The molecule has 1 spiro atoms. The number of aromatic nitrogens is 3. The van der Waals surface area contributed by atoms with Crippen LogP contribution in [-0.2, 0) is 35.6 Å². The van der Waals surface area contributed by atoms with E-state index in [0.29, 0.717) is 11.5 Å². The van der Waals surface area contributed by atoms with Gasteiger partial charge in [-0.05, 0) is 52.3 Å². The Balaban J connectivity index is 0.971. The van der Waals surface area contributed by atoms with E-state index in [9.17, 15) is 0 Å². The summed E-state index contributed by atoms with van der Waals surface area (Å²) < 4.78 is 12.8. The first-order chi connectivity index (χ1) is 39.9. The summed E-state index contributed by atoms with van der Waals surface area (Å²) in [4.78, 5) is 9.97. The minimum absolute atomic E-state index is 0.133. The number of rotatable bonds is 8. The summed E-state index contributed by atoms with van der Waals surface area (Å²) in [5.41, 5.74) is 19.8. The van der Waals surface area contributed by atoms with E-state index < -0.39 is 5.41 Å². The van der Waals surface area contributed by atoms with Gasteiger partial charge in [-0.25, -0.2) is 0 Å². The van der Waals surface area contributed by atoms with Crippen LogP contribution in [0.5, 0.6) is 11.5 Å². The topological polar surface area (TPSA) is 38.5 Å². The van der Waals surface area contributed by atoms with Gasteiger partial charge in [-0.15, -0.1) is 0 Å². The predicted octanol–water partition coefficient (Wildman–Crippen LogP) is 19.2. The second-order valence-corrected chi connectivity index (χ2v) is 24.4. The number of fused-ring (bicyclic) bond motifs is 9. The monoisotopic (exact) mass is 1240 g/mol. The maximum absolute atomic E-state index is 7.12. The van der Waals surface area contributed by atoms with Gasteiger partial charge in [0.15, 0.2) is 0 Å². The van der Waals surface area contributed by atoms with E-state index in [0.717, 1.165) is 88.3 Å². The number of imidazole rings is 1. The molecule has 0 fully saturated rings. The van der Waals surface area contributed by atoms with E-state index >= 15 is 0 Å². The van der Waals surface area contributed by atoms with Crippen molar-refractivity contribution in [1.29, 1.82) is 0 Å². The molecule has 0 radical (unpaired) electrons. The van der Waals surface area contributed by atoms with Gasteiger partial charge in [0.25, 0.3) is 0 Å². The third-order valence-corrected chi connectivity index (χ3v) is 17.4. The minimum Gasteiger partial charge on any atom is -0.310 e. The Bertz CT molecular complexity index is 4390. The van der Waals surface area contributed by atoms with Crippen LogP contribution in [0.1, 0.15) is 74.9 Å². The van der Waals surface area contributed by atoms with Crippen molar-refractivity contribution in [3.05, 3.63) is 298 Å². The average molecular weight is 1240 g/mol. The third kappa shape index (κ3) is 8.33. The van der Waals surface area contributed by atoms with Crippen molar-refractivity contribution in [1.82, 2.24) is 14.1 Å². The molecule has 0 saturated heterocycles. The zero-order chi connectivity index (χ0) is 55.9. The van der Waals surface area contributed by atoms with Crippen molar-refractivity contribution in [2.24, 2.45) is 0 Å². The van der Waals surface area contributed by atoms with Gasteiger partial charge in [-0.2, -0.15) is 0 Å². The van der Waals surface area contributed by atoms with Crippen molar-refractivity contribution in [3.8, 4) is 45.1 Å². The first-order valence-corrected chi connectivity index (χ1v) is 29.2. The van der Waals surface area contributed by atoms with Crippen molar-refractivity contribution in [2.75, 3.05) is 9.80 Å². The Morgan fingerprint density at radius 3 is 1.61 bits per heavy atom. The fraction of sp³-hybridized carbons (Fsp3) is 0.120. The van der Waals surface area contributed by atoms with Crippen LogP contribution in [0.4, 0.5) is 34.3 Å². The van der Waals surface area contributed by atoms with Crippen molar-refractivity contribution < 1.29 is 24.1 Å². The Labute approximate surface area is 491 Å². The third-order valence-electron chi connectivity index (χ3n) is 16.3. The first kappa shape index (κ1) is 51.1. The van der Waals surface area contributed by atoms with Gasteiger partial charge in [0.05, 0.1) is 0 Å². The summed E-state index contributed by atoms with van der Waals surface area (Å²) in [5, 5.41) is 0. The molecule has 2 aromatic heterocycles. The van der Waals surface area contributed by atoms with Crippen LogP contribution >= 0.6 is 0 Å². The normalized spacial score (nSPS) is 13.4. The number of ether oxygens (including phenoxy) is 1. The number of hydrogen-bond acceptors (Lipinski definition) is 4. The second-order valence-electron chi connectivity index (χ2n) is 23.3. The molecule has 7 heteroatoms. The fourth-order valence-corrected chi connectivity index (χ4v) is 13.6. The standard InChI is InChI=1S/C75H59N5O.Pt/c1-73(2,3)53-40-43-67-64(46-53)75(61-34-16-18-36-65(61)79(55-28-14-9-15-29-55)66-37-19-17-35-62(66)75)63-42-41-58(49-70(63)80(67)71-47-54(44-45-76-71)74(4,5)6)81-57-31-22-30-56(48-57)77-50-78(69-39-21-20-38-68(69)77)72-59(51-24-10-7-11-25-51)32-23-33-60(72)52-26-12-8-13-27-52;/h7-47H,1-6H3;/q-2;. The smallest absolute Gasteiger partial charge is 0.310 e. The van der Waals surface area contributed by atoms with Crippen molar-refractivity contribution in [2.45, 2.75) is 57.8 Å². The number of benzene rings is 10. The van der Waals surface area contributed by atoms with Crippen molar-refractivity contribution >= 4 is 45.3 Å². The Hall–Kier alpha value is -9.09. The second kappa shape index (κ2) is 19.9. The summed E-state index contributed by atoms with van der Waals surface area (Å²) in [6.07, 6.45) is 1.95. The van der Waals surface area contributed by atoms with Crippen LogP contribution < -0.4 is 14.5 Å². The van der Waals surface area contributed by atoms with Gasteiger partial charge < -0.3 is 4.90 Å². The molecule has 82 heavy (non-hydrogen) atoms. The van der Waals surface area contributed by atoms with Crippen LogP contribution in [0.3, 0.4) is 0 Å². The Kier molecular flexibility index (Phi) is 12.4. The summed E-state index contributed by atoms with van der Waals surface area (Å²) in [6.45, 7) is 13.7. The van der Waals surface area contributed by atoms with Crippen LogP contribution in [0.25, 0.3) is 44.7 Å². The number of nitrogens with zero attached hydrogens (tertiary/aromatic N) is 5. The summed E-state index contributed by atoms with van der Waals surface area (Å²) in [6, 6.07) is 95.0.